The fourth-order valence-corrected chi connectivity index (χ4v) is 4.97. The Kier molecular flexibility index (Phi) is 11.8. The fraction of sp³-hybridized carbons (Fsp3) is 0.414. The molecule has 0 aliphatic carbocycles. The Bertz CT molecular complexity index is 1350. The Morgan fingerprint density at radius 2 is 1.95 bits per heavy atom. The Morgan fingerprint density at radius 3 is 2.60 bits per heavy atom. The summed E-state index contributed by atoms with van der Waals surface area (Å²) in [5, 5.41) is 31.6. The lowest BCUT2D eigenvalue weighted by Crippen LogP contribution is -2.50. The molecule has 1 aliphatic heterocycles. The number of amides is 3. The number of hydrogen-bond donors (Lipinski definition) is 5. The number of urea groups is 1. The van der Waals surface area contributed by atoms with E-state index >= 15 is 0 Å². The average molecular weight is 603 g/mol. The number of amidine groups is 1. The van der Waals surface area contributed by atoms with Crippen LogP contribution in [0.15, 0.2) is 41.4 Å². The van der Waals surface area contributed by atoms with Crippen LogP contribution in [0.4, 0.5) is 4.79 Å². The first kappa shape index (κ1) is 32.5. The number of nitrogens with one attached hydrogen (secondary N) is 2. The molecule has 5 N–H and O–H groups in total. The van der Waals surface area contributed by atoms with Crippen molar-refractivity contribution in [3.05, 3.63) is 63.7 Å². The van der Waals surface area contributed by atoms with Crippen LogP contribution in [-0.2, 0) is 11.2 Å². The minimum atomic E-state index is -1.27. The van der Waals surface area contributed by atoms with E-state index in [0.717, 1.165) is 4.90 Å². The highest BCUT2D eigenvalue weighted by molar-refractivity contribution is 6.30. The van der Waals surface area contributed by atoms with E-state index in [1.165, 1.54) is 25.3 Å². The third-order valence-corrected chi connectivity index (χ3v) is 7.16. The zero-order valence-corrected chi connectivity index (χ0v) is 24.2. The summed E-state index contributed by atoms with van der Waals surface area (Å²) in [7, 11) is 1.50. The van der Waals surface area contributed by atoms with Crippen LogP contribution >= 0.6 is 11.6 Å². The first-order valence-electron chi connectivity index (χ1n) is 13.5. The Morgan fingerprint density at radius 1 is 1.19 bits per heavy atom. The number of hydrogen-bond acceptors (Lipinski definition) is 9. The van der Waals surface area contributed by atoms with E-state index in [2.05, 4.69) is 10.3 Å². The van der Waals surface area contributed by atoms with Crippen molar-refractivity contribution in [1.82, 2.24) is 15.7 Å². The lowest BCUT2D eigenvalue weighted by Gasteiger charge is -2.27. The number of carbonyl (C=O) groups is 4. The highest BCUT2D eigenvalue weighted by atomic mass is 35.5. The van der Waals surface area contributed by atoms with Crippen molar-refractivity contribution in [2.75, 3.05) is 26.8 Å². The number of methoxy groups -OCH3 is 1. The van der Waals surface area contributed by atoms with Gasteiger partial charge in [-0.25, -0.2) is 9.59 Å². The number of halogens is 1. The van der Waals surface area contributed by atoms with Crippen LogP contribution in [-0.4, -0.2) is 76.7 Å². The molecule has 0 bridgehead atoms. The highest BCUT2D eigenvalue weighted by Gasteiger charge is 2.34. The number of imide groups is 1. The van der Waals surface area contributed by atoms with Gasteiger partial charge in [-0.15, -0.1) is 0 Å². The predicted molar refractivity (Wildman–Crippen MR) is 154 cm³/mol. The van der Waals surface area contributed by atoms with Crippen molar-refractivity contribution in [2.45, 2.75) is 45.1 Å². The number of aromatic carboxylic acids is 1. The van der Waals surface area contributed by atoms with Crippen molar-refractivity contribution in [3.8, 4) is 5.75 Å². The normalized spacial score (nSPS) is 15.8. The van der Waals surface area contributed by atoms with Gasteiger partial charge in [0.2, 0.25) is 5.91 Å². The van der Waals surface area contributed by atoms with Crippen LogP contribution in [0.1, 0.15) is 70.5 Å². The van der Waals surface area contributed by atoms with Gasteiger partial charge in [0, 0.05) is 23.6 Å². The van der Waals surface area contributed by atoms with E-state index in [-0.39, 0.29) is 55.9 Å². The number of carboxylic acid groups (broad SMARTS) is 1. The minimum absolute atomic E-state index is 0.00444. The molecule has 226 valence electrons. The second-order valence-electron chi connectivity index (χ2n) is 9.83. The molecule has 0 saturated carbocycles. The number of ether oxygens (including phenoxy) is 1. The molecule has 2 aromatic carbocycles. The number of benzene rings is 2. The lowest BCUT2D eigenvalue weighted by atomic mass is 9.93. The van der Waals surface area contributed by atoms with Crippen LogP contribution in [0.3, 0.4) is 0 Å². The number of aliphatic imine (C=N–C) groups is 1. The van der Waals surface area contributed by atoms with Gasteiger partial charge in [-0.3, -0.25) is 30.2 Å². The molecule has 0 radical (unpaired) electrons. The van der Waals surface area contributed by atoms with Crippen LogP contribution in [0.25, 0.3) is 0 Å². The molecule has 0 aromatic heterocycles. The number of nitrogens with zero attached hydrogens (tertiary/aromatic N) is 2. The topological polar surface area (TPSA) is 178 Å². The van der Waals surface area contributed by atoms with E-state index in [9.17, 15) is 29.5 Å². The molecular formula is C29H35ClN4O8. The number of aliphatic hydroxyl groups excluding tert-OH is 1. The zero-order valence-electron chi connectivity index (χ0n) is 23.4. The number of carbonyl (C=O) groups excluding carboxylic acids is 3. The van der Waals surface area contributed by atoms with Gasteiger partial charge in [-0.05, 0) is 60.7 Å². The number of rotatable bonds is 12. The van der Waals surface area contributed by atoms with Gasteiger partial charge in [0.05, 0.1) is 37.7 Å². The van der Waals surface area contributed by atoms with E-state index in [1.807, 2.05) is 12.4 Å². The first-order chi connectivity index (χ1) is 20.1. The number of Topliss-reactive ketones (excluding diaryl/α,β-unsaturated/α-hetero) is 1. The zero-order chi connectivity index (χ0) is 30.8. The highest BCUT2D eigenvalue weighted by Crippen LogP contribution is 2.28. The predicted octanol–water partition coefficient (Wildman–Crippen LogP) is 3.63. The smallest absolute Gasteiger partial charge is 0.336 e. The van der Waals surface area contributed by atoms with Crippen LogP contribution in [0, 0.1) is 5.92 Å². The van der Waals surface area contributed by atoms with E-state index in [1.54, 1.807) is 18.2 Å². The van der Waals surface area contributed by atoms with Gasteiger partial charge in [-0.2, -0.15) is 0 Å². The Hall–Kier alpha value is -4.00. The van der Waals surface area contributed by atoms with Crippen molar-refractivity contribution in [1.29, 1.82) is 0 Å². The molecule has 0 saturated heterocycles. The summed E-state index contributed by atoms with van der Waals surface area (Å²) in [6.45, 7) is 1.36. The molecule has 2 atom stereocenters. The quantitative estimate of drug-likeness (QED) is 0.179. The molecule has 0 fully saturated rings. The molecule has 3 amide bonds. The molecular weight excluding hydrogens is 568 g/mol. The van der Waals surface area contributed by atoms with Crippen molar-refractivity contribution in [3.63, 3.8) is 0 Å². The Balaban J connectivity index is 1.91. The largest absolute Gasteiger partial charge is 0.496 e. The minimum Gasteiger partial charge on any atom is -0.496 e. The van der Waals surface area contributed by atoms with E-state index < -0.39 is 35.7 Å². The summed E-state index contributed by atoms with van der Waals surface area (Å²) in [4.78, 5) is 57.0. The molecule has 13 heteroatoms. The maximum Gasteiger partial charge on any atom is 0.336 e. The van der Waals surface area contributed by atoms with Gasteiger partial charge >= 0.3 is 12.0 Å². The van der Waals surface area contributed by atoms with Crippen molar-refractivity contribution in [2.24, 2.45) is 10.9 Å². The van der Waals surface area contributed by atoms with Crippen LogP contribution < -0.4 is 15.5 Å². The maximum atomic E-state index is 13.7. The standard InChI is InChI=1S/C29H35ClN4O8/c1-3-5-23(17-7-9-21(28(38)39)22(14-17)24(36)6-4-11-35)32-29(40)34-16-26(33-41)31-15-19(27(34)37)12-18-13-20(30)8-10-25(18)42-2/h7-10,13-14,19,23,35,41H,3-6,11-12,15-16H2,1-2H3,(H,31,33)(H,32,40)(H,38,39)/t19?,23-/m1/s1. The van der Waals surface area contributed by atoms with Crippen LogP contribution in [0.2, 0.25) is 5.02 Å². The summed E-state index contributed by atoms with van der Waals surface area (Å²) in [6, 6.07) is 7.87. The third-order valence-electron chi connectivity index (χ3n) is 6.92. The van der Waals surface area contributed by atoms with E-state index in [4.69, 9.17) is 21.4 Å². The maximum absolute atomic E-state index is 13.7. The van der Waals surface area contributed by atoms with Gasteiger partial charge in [0.1, 0.15) is 11.6 Å². The van der Waals surface area contributed by atoms with Crippen molar-refractivity contribution < 1.29 is 39.3 Å². The molecule has 1 heterocycles. The molecule has 12 nitrogen and oxygen atoms in total. The fourth-order valence-electron chi connectivity index (χ4n) is 4.77. The number of carboxylic acids is 1. The summed E-state index contributed by atoms with van der Waals surface area (Å²) < 4.78 is 5.40. The molecule has 2 aromatic rings. The molecule has 0 spiro atoms. The molecule has 1 unspecified atom stereocenters. The van der Waals surface area contributed by atoms with Crippen LogP contribution in [0.5, 0.6) is 5.75 Å². The summed E-state index contributed by atoms with van der Waals surface area (Å²) >= 11 is 6.16. The monoisotopic (exact) mass is 602 g/mol. The van der Waals surface area contributed by atoms with Gasteiger partial charge < -0.3 is 20.3 Å². The summed E-state index contributed by atoms with van der Waals surface area (Å²) in [5.74, 6) is -2.47. The van der Waals surface area contributed by atoms with Crippen molar-refractivity contribution >= 4 is 41.1 Å². The molecule has 1 aliphatic rings. The number of ketones is 1. The second kappa shape index (κ2) is 15.3. The van der Waals surface area contributed by atoms with Gasteiger partial charge in [-0.1, -0.05) is 31.0 Å². The summed E-state index contributed by atoms with van der Waals surface area (Å²) in [5.41, 5.74) is 2.88. The number of hydroxylamine groups is 1. The first-order valence-corrected chi connectivity index (χ1v) is 13.9. The lowest BCUT2D eigenvalue weighted by molar-refractivity contribution is -0.131. The molecule has 42 heavy (non-hydrogen) atoms. The average Bonchev–Trinajstić information content (AvgIpc) is 3.13. The Labute approximate surface area is 248 Å². The molecule has 3 rings (SSSR count). The van der Waals surface area contributed by atoms with Gasteiger partial charge in [0.25, 0.3) is 0 Å². The van der Waals surface area contributed by atoms with E-state index in [0.29, 0.717) is 34.7 Å². The third kappa shape index (κ3) is 8.05. The SMILES string of the molecule is CCC[C@@H](NC(=O)N1CC(NO)=NCC(Cc2cc(Cl)ccc2OC)C1=O)c1ccc(C(=O)O)c(C(=O)CCCO)c1. The number of aliphatic hydroxyl groups is 1. The summed E-state index contributed by atoms with van der Waals surface area (Å²) in [6.07, 6.45) is 1.35. The second-order valence-corrected chi connectivity index (χ2v) is 10.3. The van der Waals surface area contributed by atoms with Gasteiger partial charge in [0.15, 0.2) is 5.78 Å².